The van der Waals surface area contributed by atoms with Gasteiger partial charge in [0, 0.05) is 12.1 Å². The van der Waals surface area contributed by atoms with Crippen molar-refractivity contribution in [3.05, 3.63) is 75.8 Å². The summed E-state index contributed by atoms with van der Waals surface area (Å²) in [5.74, 6) is 1.65. The van der Waals surface area contributed by atoms with Crippen LogP contribution in [0.1, 0.15) is 24.0 Å². The molecule has 0 amide bonds. The molecule has 0 saturated carbocycles. The number of halogens is 2. The van der Waals surface area contributed by atoms with Crippen molar-refractivity contribution in [3.63, 3.8) is 0 Å². The van der Waals surface area contributed by atoms with Gasteiger partial charge in [-0.3, -0.25) is 0 Å². The van der Waals surface area contributed by atoms with Gasteiger partial charge < -0.3 is 15.4 Å². The second-order valence-corrected chi connectivity index (χ2v) is 8.44. The fourth-order valence-electron chi connectivity index (χ4n) is 3.91. The van der Waals surface area contributed by atoms with Gasteiger partial charge in [0.05, 0.1) is 10.0 Å². The third-order valence-corrected chi connectivity index (χ3v) is 6.31. The highest BCUT2D eigenvalue weighted by atomic mass is 35.5. The molecule has 0 aromatic heterocycles. The van der Waals surface area contributed by atoms with Gasteiger partial charge in [-0.25, -0.2) is 0 Å². The average molecular weight is 429 g/mol. The summed E-state index contributed by atoms with van der Waals surface area (Å²) in [7, 11) is 0. The number of piperidine rings is 1. The molecule has 1 aliphatic heterocycles. The molecule has 4 rings (SSSR count). The first-order chi connectivity index (χ1) is 14.2. The second kappa shape index (κ2) is 9.82. The van der Waals surface area contributed by atoms with Crippen molar-refractivity contribution < 1.29 is 4.74 Å². The smallest absolute Gasteiger partial charge is 0.124 e. The van der Waals surface area contributed by atoms with Crippen molar-refractivity contribution in [1.29, 1.82) is 0 Å². The predicted molar refractivity (Wildman–Crippen MR) is 122 cm³/mol. The van der Waals surface area contributed by atoms with E-state index in [1.54, 1.807) is 0 Å². The Kier molecular flexibility index (Phi) is 6.94. The lowest BCUT2D eigenvalue weighted by Crippen LogP contribution is -2.33. The van der Waals surface area contributed by atoms with Crippen LogP contribution in [-0.2, 0) is 13.2 Å². The second-order valence-electron chi connectivity index (χ2n) is 7.62. The van der Waals surface area contributed by atoms with E-state index in [0.29, 0.717) is 16.7 Å². The molecule has 0 aliphatic carbocycles. The topological polar surface area (TPSA) is 33.3 Å². The van der Waals surface area contributed by atoms with Gasteiger partial charge in [-0.2, -0.15) is 0 Å². The number of ether oxygens (including phenoxy) is 1. The summed E-state index contributed by atoms with van der Waals surface area (Å²) in [5, 5.41) is 10.7. The van der Waals surface area contributed by atoms with Crippen LogP contribution in [0.4, 0.5) is 0 Å². The van der Waals surface area contributed by atoms with Crippen molar-refractivity contribution in [1.82, 2.24) is 10.6 Å². The summed E-state index contributed by atoms with van der Waals surface area (Å²) in [6.45, 7) is 4.53. The zero-order valence-electron chi connectivity index (χ0n) is 16.4. The zero-order valence-corrected chi connectivity index (χ0v) is 17.9. The van der Waals surface area contributed by atoms with Crippen LogP contribution in [0.3, 0.4) is 0 Å². The van der Waals surface area contributed by atoms with Gasteiger partial charge in [0.1, 0.15) is 12.4 Å². The van der Waals surface area contributed by atoms with Crippen LogP contribution in [0.25, 0.3) is 10.8 Å². The van der Waals surface area contributed by atoms with Gasteiger partial charge in [0.15, 0.2) is 0 Å². The van der Waals surface area contributed by atoms with Crippen molar-refractivity contribution in [2.75, 3.05) is 19.6 Å². The molecule has 0 atom stereocenters. The van der Waals surface area contributed by atoms with Gasteiger partial charge in [-0.15, -0.1) is 0 Å². The van der Waals surface area contributed by atoms with E-state index in [1.165, 1.54) is 29.2 Å². The number of hydrogen-bond acceptors (Lipinski definition) is 3. The molecule has 5 heteroatoms. The third kappa shape index (κ3) is 5.23. The normalized spacial score (nSPS) is 15.0. The molecule has 1 heterocycles. The minimum atomic E-state index is 0.455. The van der Waals surface area contributed by atoms with Crippen molar-refractivity contribution in [2.24, 2.45) is 5.92 Å². The SMILES string of the molecule is Clc1ccc(COc2ccc3ccccc3c2CNCC2CCNCC2)cc1Cl. The van der Waals surface area contributed by atoms with Gasteiger partial charge in [0.25, 0.3) is 0 Å². The van der Waals surface area contributed by atoms with Crippen LogP contribution in [-0.4, -0.2) is 19.6 Å². The minimum Gasteiger partial charge on any atom is -0.489 e. The van der Waals surface area contributed by atoms with Crippen LogP contribution < -0.4 is 15.4 Å². The Morgan fingerprint density at radius 1 is 0.966 bits per heavy atom. The van der Waals surface area contributed by atoms with Gasteiger partial charge in [-0.05, 0) is 72.9 Å². The quantitative estimate of drug-likeness (QED) is 0.497. The Labute approximate surface area is 182 Å². The van der Waals surface area contributed by atoms with E-state index in [2.05, 4.69) is 47.0 Å². The van der Waals surface area contributed by atoms with Gasteiger partial charge in [-0.1, -0.05) is 59.6 Å². The molecule has 1 aliphatic rings. The molecule has 1 fully saturated rings. The van der Waals surface area contributed by atoms with Crippen molar-refractivity contribution in [2.45, 2.75) is 26.0 Å². The molecule has 0 spiro atoms. The Balaban J connectivity index is 1.50. The summed E-state index contributed by atoms with van der Waals surface area (Å²) >= 11 is 12.2. The van der Waals surface area contributed by atoms with Crippen LogP contribution in [0.5, 0.6) is 5.75 Å². The summed E-state index contributed by atoms with van der Waals surface area (Å²) in [4.78, 5) is 0. The highest BCUT2D eigenvalue weighted by Gasteiger charge is 2.14. The molecule has 3 nitrogen and oxygen atoms in total. The maximum atomic E-state index is 6.22. The number of rotatable bonds is 7. The Morgan fingerprint density at radius 2 is 1.79 bits per heavy atom. The van der Waals surface area contributed by atoms with Crippen LogP contribution in [0.15, 0.2) is 54.6 Å². The number of hydrogen-bond donors (Lipinski definition) is 2. The number of fused-ring (bicyclic) bond motifs is 1. The summed E-state index contributed by atoms with van der Waals surface area (Å²) < 4.78 is 6.22. The highest BCUT2D eigenvalue weighted by Crippen LogP contribution is 2.30. The largest absolute Gasteiger partial charge is 0.489 e. The first-order valence-corrected chi connectivity index (χ1v) is 10.9. The zero-order chi connectivity index (χ0) is 20.1. The molecular formula is C24H26Cl2N2O. The van der Waals surface area contributed by atoms with E-state index in [9.17, 15) is 0 Å². The first kappa shape index (κ1) is 20.5. The molecule has 2 N–H and O–H groups in total. The van der Waals surface area contributed by atoms with Crippen LogP contribution >= 0.6 is 23.2 Å². The Bertz CT molecular complexity index is 970. The molecule has 29 heavy (non-hydrogen) atoms. The molecule has 152 valence electrons. The lowest BCUT2D eigenvalue weighted by Gasteiger charge is -2.23. The molecule has 3 aromatic carbocycles. The van der Waals surface area contributed by atoms with E-state index in [-0.39, 0.29) is 0 Å². The summed E-state index contributed by atoms with van der Waals surface area (Å²) in [5.41, 5.74) is 2.21. The lowest BCUT2D eigenvalue weighted by atomic mass is 9.98. The number of benzene rings is 3. The van der Waals surface area contributed by atoms with Gasteiger partial charge >= 0.3 is 0 Å². The molecular weight excluding hydrogens is 403 g/mol. The monoisotopic (exact) mass is 428 g/mol. The minimum absolute atomic E-state index is 0.455. The summed E-state index contributed by atoms with van der Waals surface area (Å²) in [6, 6.07) is 18.3. The number of nitrogens with one attached hydrogen (secondary N) is 2. The average Bonchev–Trinajstić information content (AvgIpc) is 2.76. The Hall–Kier alpha value is -1.78. The Morgan fingerprint density at radius 3 is 2.62 bits per heavy atom. The lowest BCUT2D eigenvalue weighted by molar-refractivity contribution is 0.301. The predicted octanol–water partition coefficient (Wildman–Crippen LogP) is 5.81. The fraction of sp³-hybridized carbons (Fsp3) is 0.333. The van der Waals surface area contributed by atoms with E-state index in [1.807, 2.05) is 18.2 Å². The summed E-state index contributed by atoms with van der Waals surface area (Å²) in [6.07, 6.45) is 2.48. The van der Waals surface area contributed by atoms with Crippen LogP contribution in [0.2, 0.25) is 10.0 Å². The third-order valence-electron chi connectivity index (χ3n) is 5.57. The van der Waals surface area contributed by atoms with E-state index < -0.39 is 0 Å². The molecule has 0 radical (unpaired) electrons. The van der Waals surface area contributed by atoms with Crippen LogP contribution in [0, 0.1) is 5.92 Å². The first-order valence-electron chi connectivity index (χ1n) is 10.2. The molecule has 3 aromatic rings. The van der Waals surface area contributed by atoms with Crippen molar-refractivity contribution in [3.8, 4) is 5.75 Å². The van der Waals surface area contributed by atoms with E-state index >= 15 is 0 Å². The van der Waals surface area contributed by atoms with E-state index in [0.717, 1.165) is 43.4 Å². The maximum Gasteiger partial charge on any atom is 0.124 e. The fourth-order valence-corrected chi connectivity index (χ4v) is 4.23. The van der Waals surface area contributed by atoms with Gasteiger partial charge in [0.2, 0.25) is 0 Å². The molecule has 0 bridgehead atoms. The van der Waals surface area contributed by atoms with E-state index in [4.69, 9.17) is 27.9 Å². The van der Waals surface area contributed by atoms with Crippen molar-refractivity contribution >= 4 is 34.0 Å². The molecule has 1 saturated heterocycles. The maximum absolute atomic E-state index is 6.22. The molecule has 0 unspecified atom stereocenters. The highest BCUT2D eigenvalue weighted by molar-refractivity contribution is 6.42. The standard InChI is InChI=1S/C24H26Cl2N2O/c25-22-7-5-18(13-23(22)26)16-29-24-8-6-19-3-1-2-4-20(19)21(24)15-28-14-17-9-11-27-12-10-17/h1-8,13,17,27-28H,9-12,14-16H2.